The fourth-order valence-corrected chi connectivity index (χ4v) is 4.34. The molecule has 2 N–H and O–H groups in total. The zero-order valence-corrected chi connectivity index (χ0v) is 22.4. The average Bonchev–Trinajstić information content (AvgIpc) is 3.22. The first-order chi connectivity index (χ1) is 18.9. The minimum atomic E-state index is -1.17. The van der Waals surface area contributed by atoms with Crippen LogP contribution in [-0.2, 0) is 6.61 Å². The summed E-state index contributed by atoms with van der Waals surface area (Å²) in [7, 11) is 0. The van der Waals surface area contributed by atoms with Crippen LogP contribution in [0.4, 0.5) is 18.0 Å². The van der Waals surface area contributed by atoms with E-state index in [4.69, 9.17) is 4.74 Å². The SMILES string of the molecule is Cc1nc2c(OCc3c(F)cccc3F)cccn2c1C(=O)NC(CN(C(=O)O)C(C)(C)C)c1ccc(F)cc1. The maximum absolute atomic E-state index is 14.1. The zero-order chi connectivity index (χ0) is 29.2. The predicted molar refractivity (Wildman–Crippen MR) is 142 cm³/mol. The Hall–Kier alpha value is -4.54. The van der Waals surface area contributed by atoms with Crippen molar-refractivity contribution in [1.29, 1.82) is 0 Å². The Morgan fingerprint density at radius 2 is 1.70 bits per heavy atom. The molecule has 2 amide bonds. The third-order valence-electron chi connectivity index (χ3n) is 6.42. The average molecular weight is 555 g/mol. The van der Waals surface area contributed by atoms with E-state index in [1.165, 1.54) is 39.6 Å². The molecule has 1 unspecified atom stereocenters. The Labute approximate surface area is 229 Å². The fraction of sp³-hybridized carbons (Fsp3) is 0.276. The molecule has 8 nitrogen and oxygen atoms in total. The van der Waals surface area contributed by atoms with Crippen LogP contribution in [0, 0.1) is 24.4 Å². The minimum absolute atomic E-state index is 0.103. The van der Waals surface area contributed by atoms with Crippen molar-refractivity contribution in [2.24, 2.45) is 0 Å². The molecule has 0 fully saturated rings. The van der Waals surface area contributed by atoms with Crippen molar-refractivity contribution in [2.75, 3.05) is 6.54 Å². The summed E-state index contributed by atoms with van der Waals surface area (Å²) < 4.78 is 49.0. The number of hydrogen-bond donors (Lipinski definition) is 2. The minimum Gasteiger partial charge on any atom is -0.485 e. The Morgan fingerprint density at radius 3 is 2.30 bits per heavy atom. The zero-order valence-electron chi connectivity index (χ0n) is 22.4. The third-order valence-corrected chi connectivity index (χ3v) is 6.42. The van der Waals surface area contributed by atoms with Gasteiger partial charge < -0.3 is 20.1 Å². The van der Waals surface area contributed by atoms with Crippen LogP contribution in [-0.4, -0.2) is 43.5 Å². The second-order valence-corrected chi connectivity index (χ2v) is 10.2. The van der Waals surface area contributed by atoms with Crippen molar-refractivity contribution < 1.29 is 32.6 Å². The first-order valence-electron chi connectivity index (χ1n) is 12.5. The number of benzene rings is 2. The van der Waals surface area contributed by atoms with Gasteiger partial charge in [-0.2, -0.15) is 0 Å². The quantitative estimate of drug-likeness (QED) is 0.283. The molecule has 0 radical (unpaired) electrons. The van der Waals surface area contributed by atoms with E-state index in [9.17, 15) is 27.9 Å². The number of aromatic nitrogens is 2. The van der Waals surface area contributed by atoms with E-state index in [1.54, 1.807) is 46.0 Å². The van der Waals surface area contributed by atoms with Gasteiger partial charge in [0.15, 0.2) is 11.4 Å². The number of pyridine rings is 1. The first-order valence-corrected chi connectivity index (χ1v) is 12.5. The molecule has 0 aliphatic rings. The maximum Gasteiger partial charge on any atom is 0.407 e. The van der Waals surface area contributed by atoms with Crippen LogP contribution in [0.15, 0.2) is 60.8 Å². The summed E-state index contributed by atoms with van der Waals surface area (Å²) in [4.78, 5) is 31.3. The van der Waals surface area contributed by atoms with Crippen molar-refractivity contribution in [3.63, 3.8) is 0 Å². The highest BCUT2D eigenvalue weighted by Crippen LogP contribution is 2.26. The third kappa shape index (κ3) is 6.03. The van der Waals surface area contributed by atoms with Crippen LogP contribution in [0.25, 0.3) is 5.65 Å². The van der Waals surface area contributed by atoms with Crippen LogP contribution in [0.2, 0.25) is 0 Å². The van der Waals surface area contributed by atoms with Crippen molar-refractivity contribution in [1.82, 2.24) is 19.6 Å². The number of carbonyl (C=O) groups excluding carboxylic acids is 1. The molecule has 0 aliphatic heterocycles. The number of nitrogens with zero attached hydrogens (tertiary/aromatic N) is 3. The number of amides is 2. The number of halogens is 3. The second-order valence-electron chi connectivity index (χ2n) is 10.2. The summed E-state index contributed by atoms with van der Waals surface area (Å²) in [6.07, 6.45) is 0.416. The van der Waals surface area contributed by atoms with Gasteiger partial charge in [-0.3, -0.25) is 9.20 Å². The Balaban J connectivity index is 1.66. The standard InChI is InChI=1S/C29H29F3N4O4/c1-17-25(35-14-6-9-24(26(35)33-17)40-16-20-21(31)7-5-8-22(20)32)27(37)34-23(18-10-12-19(30)13-11-18)15-36(28(38)39)29(2,3)4/h5-14,23H,15-16H2,1-4H3,(H,34,37)(H,38,39). The van der Waals surface area contributed by atoms with Gasteiger partial charge in [0.2, 0.25) is 0 Å². The van der Waals surface area contributed by atoms with Crippen LogP contribution < -0.4 is 10.1 Å². The topological polar surface area (TPSA) is 96.2 Å². The van der Waals surface area contributed by atoms with Gasteiger partial charge in [-0.25, -0.2) is 22.9 Å². The largest absolute Gasteiger partial charge is 0.485 e. The maximum atomic E-state index is 14.1. The number of nitrogens with one attached hydrogen (secondary N) is 1. The van der Waals surface area contributed by atoms with E-state index in [1.807, 2.05) is 0 Å². The molecule has 1 atom stereocenters. The van der Waals surface area contributed by atoms with E-state index in [0.717, 1.165) is 12.1 Å². The van der Waals surface area contributed by atoms with Gasteiger partial charge >= 0.3 is 6.09 Å². The Bertz CT molecular complexity index is 1530. The molecule has 2 heterocycles. The van der Waals surface area contributed by atoms with Crippen molar-refractivity contribution in [3.05, 3.63) is 101 Å². The summed E-state index contributed by atoms with van der Waals surface area (Å²) in [6.45, 7) is 6.31. The van der Waals surface area contributed by atoms with Crippen LogP contribution in [0.3, 0.4) is 0 Å². The summed E-state index contributed by atoms with van der Waals surface area (Å²) in [5, 5.41) is 12.7. The molecule has 0 aliphatic carbocycles. The molecule has 0 saturated carbocycles. The summed E-state index contributed by atoms with van der Waals surface area (Å²) >= 11 is 0. The molecule has 0 bridgehead atoms. The number of rotatable bonds is 8. The molecule has 11 heteroatoms. The molecule has 40 heavy (non-hydrogen) atoms. The second kappa shape index (κ2) is 11.3. The Morgan fingerprint density at radius 1 is 1.05 bits per heavy atom. The molecule has 2 aromatic carbocycles. The van der Waals surface area contributed by atoms with Gasteiger partial charge in [0, 0.05) is 18.3 Å². The molecule has 2 aromatic heterocycles. The number of aryl methyl sites for hydroxylation is 1. The molecule has 210 valence electrons. The van der Waals surface area contributed by atoms with E-state index >= 15 is 0 Å². The molecular weight excluding hydrogens is 525 g/mol. The lowest BCUT2D eigenvalue weighted by molar-refractivity contribution is 0.0818. The normalized spacial score (nSPS) is 12.3. The molecule has 4 rings (SSSR count). The number of ether oxygens (including phenoxy) is 1. The predicted octanol–water partition coefficient (Wildman–Crippen LogP) is 5.89. The van der Waals surface area contributed by atoms with Gasteiger partial charge in [-0.1, -0.05) is 18.2 Å². The van der Waals surface area contributed by atoms with Crippen molar-refractivity contribution in [3.8, 4) is 5.75 Å². The van der Waals surface area contributed by atoms with E-state index in [0.29, 0.717) is 11.3 Å². The van der Waals surface area contributed by atoms with Crippen LogP contribution in [0.1, 0.15) is 54.1 Å². The van der Waals surface area contributed by atoms with Crippen LogP contribution in [0.5, 0.6) is 5.75 Å². The Kier molecular flexibility index (Phi) is 8.03. The van der Waals surface area contributed by atoms with Crippen LogP contribution >= 0.6 is 0 Å². The lowest BCUT2D eigenvalue weighted by atomic mass is 10.0. The summed E-state index contributed by atoms with van der Waals surface area (Å²) in [6, 6.07) is 11.3. The number of imidazole rings is 1. The van der Waals surface area contributed by atoms with Crippen molar-refractivity contribution >= 4 is 17.6 Å². The van der Waals surface area contributed by atoms with E-state index < -0.39 is 47.6 Å². The molecule has 0 spiro atoms. The molecular formula is C29H29F3N4O4. The number of hydrogen-bond acceptors (Lipinski definition) is 4. The molecule has 0 saturated heterocycles. The number of carboxylic acid groups (broad SMARTS) is 1. The van der Waals surface area contributed by atoms with Gasteiger partial charge in [-0.15, -0.1) is 0 Å². The van der Waals surface area contributed by atoms with Gasteiger partial charge in [0.05, 0.1) is 17.3 Å². The van der Waals surface area contributed by atoms with E-state index in [2.05, 4.69) is 10.3 Å². The lowest BCUT2D eigenvalue weighted by Crippen LogP contribution is -2.49. The highest BCUT2D eigenvalue weighted by molar-refractivity contribution is 5.95. The highest BCUT2D eigenvalue weighted by Gasteiger charge is 2.31. The first kappa shape index (κ1) is 28.5. The van der Waals surface area contributed by atoms with E-state index in [-0.39, 0.29) is 29.2 Å². The smallest absolute Gasteiger partial charge is 0.407 e. The van der Waals surface area contributed by atoms with Crippen molar-refractivity contribution in [2.45, 2.75) is 45.9 Å². The monoisotopic (exact) mass is 554 g/mol. The fourth-order valence-electron chi connectivity index (χ4n) is 4.34. The van der Waals surface area contributed by atoms with Gasteiger partial charge in [-0.05, 0) is 69.7 Å². The van der Waals surface area contributed by atoms with Gasteiger partial charge in [0.25, 0.3) is 5.91 Å². The summed E-state index contributed by atoms with van der Waals surface area (Å²) in [5.41, 5.74) is 0.235. The summed E-state index contributed by atoms with van der Waals surface area (Å²) in [5.74, 6) is -2.32. The highest BCUT2D eigenvalue weighted by atomic mass is 19.1. The molecule has 4 aromatic rings. The number of carbonyl (C=O) groups is 2. The lowest BCUT2D eigenvalue weighted by Gasteiger charge is -2.36. The number of fused-ring (bicyclic) bond motifs is 1. The van der Waals surface area contributed by atoms with Gasteiger partial charge in [0.1, 0.15) is 29.8 Å².